The van der Waals surface area contributed by atoms with E-state index in [1.54, 1.807) is 4.90 Å². The number of carbonyl (C=O) groups excluding carboxylic acids is 1. The molecule has 11 heteroatoms. The molecule has 1 aromatic heterocycles. The highest BCUT2D eigenvalue weighted by Crippen LogP contribution is 2.47. The van der Waals surface area contributed by atoms with E-state index in [1.165, 1.54) is 0 Å². The molecule has 0 spiro atoms. The molecule has 4 rings (SSSR count). The van der Waals surface area contributed by atoms with Gasteiger partial charge < -0.3 is 15.0 Å². The lowest BCUT2D eigenvalue weighted by molar-refractivity contribution is -0.208. The quantitative estimate of drug-likeness (QED) is 0.599. The number of pyridine rings is 1. The van der Waals surface area contributed by atoms with Crippen LogP contribution in [0.15, 0.2) is 12.3 Å². The zero-order chi connectivity index (χ0) is 25.6. The second-order valence-corrected chi connectivity index (χ2v) is 10.3. The van der Waals surface area contributed by atoms with Gasteiger partial charge in [0.25, 0.3) is 0 Å². The van der Waals surface area contributed by atoms with E-state index in [-0.39, 0.29) is 44.0 Å². The Balaban J connectivity index is 1.48. The molecule has 1 amide bonds. The lowest BCUT2D eigenvalue weighted by Crippen LogP contribution is -2.53. The molecule has 1 aliphatic carbocycles. The highest BCUT2D eigenvalue weighted by molar-refractivity contribution is 5.83. The van der Waals surface area contributed by atoms with Crippen LogP contribution in [0.2, 0.25) is 0 Å². The number of nitrogens with one attached hydrogen (secondary N) is 1. The average molecular weight is 508 g/mol. The third-order valence-corrected chi connectivity index (χ3v) is 7.96. The second-order valence-electron chi connectivity index (χ2n) is 10.3. The van der Waals surface area contributed by atoms with E-state index < -0.39 is 35.3 Å². The minimum atomic E-state index is -4.52. The van der Waals surface area contributed by atoms with Gasteiger partial charge in [-0.3, -0.25) is 9.78 Å². The van der Waals surface area contributed by atoms with Crippen LogP contribution >= 0.6 is 0 Å². The van der Waals surface area contributed by atoms with Crippen molar-refractivity contribution in [3.63, 3.8) is 0 Å². The maximum atomic E-state index is 13.8. The first kappa shape index (κ1) is 26.2. The predicted octanol–water partition coefficient (Wildman–Crippen LogP) is 4.74. The van der Waals surface area contributed by atoms with Crippen molar-refractivity contribution in [2.24, 2.45) is 17.3 Å². The summed E-state index contributed by atoms with van der Waals surface area (Å²) in [5.74, 6) is -1.80. The number of aromatic nitrogens is 1. The van der Waals surface area contributed by atoms with Crippen molar-refractivity contribution in [1.29, 1.82) is 0 Å². The van der Waals surface area contributed by atoms with Gasteiger partial charge in [0.1, 0.15) is 0 Å². The van der Waals surface area contributed by atoms with Gasteiger partial charge in [-0.05, 0) is 43.2 Å². The molecule has 0 bridgehead atoms. The molecule has 2 fully saturated rings. The molecule has 3 heterocycles. The zero-order valence-electron chi connectivity index (χ0n) is 19.8. The fraction of sp³-hybridized carbons (Fsp3) is 0.750. The van der Waals surface area contributed by atoms with E-state index in [4.69, 9.17) is 4.74 Å². The largest absolute Gasteiger partial charge is 0.417 e. The molecule has 4 atom stereocenters. The fourth-order valence-corrected chi connectivity index (χ4v) is 5.82. The van der Waals surface area contributed by atoms with E-state index in [1.807, 2.05) is 13.8 Å². The van der Waals surface area contributed by atoms with Gasteiger partial charge in [0.15, 0.2) is 0 Å². The minimum Gasteiger partial charge on any atom is -0.381 e. The molecule has 2 aliphatic heterocycles. The maximum Gasteiger partial charge on any atom is 0.417 e. The molecule has 1 saturated carbocycles. The SMILES string of the molecule is CC(C)[C@]1(C(=O)N2CCc3ncc(C(F)(F)F)cc3C2)CC[C@@H](N[C@@H]2CCOC[C@@H]2C(F)(F)F)C1. The van der Waals surface area contributed by atoms with Crippen LogP contribution in [-0.2, 0) is 28.7 Å². The standard InChI is InChI=1S/C24H31F6N3O2/c1-14(2)22(6-3-17(10-22)32-20-5-8-35-13-18(20)24(28,29)30)21(34)33-7-4-19-15(12-33)9-16(11-31-19)23(25,26)27/h9,11,14,17-18,20,32H,3-8,10,12-13H2,1-2H3/t17-,18+,20-,22+/m1/s1. The van der Waals surface area contributed by atoms with Gasteiger partial charge in [-0.1, -0.05) is 13.8 Å². The smallest absolute Gasteiger partial charge is 0.381 e. The van der Waals surface area contributed by atoms with Crippen LogP contribution in [0.1, 0.15) is 56.4 Å². The second kappa shape index (κ2) is 9.53. The zero-order valence-corrected chi connectivity index (χ0v) is 19.8. The van der Waals surface area contributed by atoms with Gasteiger partial charge in [0, 0.05) is 50.1 Å². The number of hydrogen-bond donors (Lipinski definition) is 1. The van der Waals surface area contributed by atoms with Crippen molar-refractivity contribution in [3.05, 3.63) is 29.1 Å². The van der Waals surface area contributed by atoms with Crippen LogP contribution in [-0.4, -0.2) is 53.8 Å². The van der Waals surface area contributed by atoms with Crippen molar-refractivity contribution in [2.75, 3.05) is 19.8 Å². The van der Waals surface area contributed by atoms with Crippen LogP contribution < -0.4 is 5.32 Å². The Labute approximate surface area is 200 Å². The number of carbonyl (C=O) groups is 1. The number of ether oxygens (including phenoxy) is 1. The lowest BCUT2D eigenvalue weighted by atomic mass is 9.74. The molecule has 3 aliphatic rings. The van der Waals surface area contributed by atoms with Crippen LogP contribution in [0.5, 0.6) is 0 Å². The molecule has 0 radical (unpaired) electrons. The van der Waals surface area contributed by atoms with Crippen molar-refractivity contribution in [1.82, 2.24) is 15.2 Å². The van der Waals surface area contributed by atoms with Gasteiger partial charge in [-0.15, -0.1) is 0 Å². The van der Waals surface area contributed by atoms with Crippen molar-refractivity contribution in [2.45, 2.75) is 76.9 Å². The Morgan fingerprint density at radius 2 is 1.97 bits per heavy atom. The third kappa shape index (κ3) is 5.30. The molecule has 1 aromatic rings. The molecular weight excluding hydrogens is 476 g/mol. The summed E-state index contributed by atoms with van der Waals surface area (Å²) >= 11 is 0. The summed E-state index contributed by atoms with van der Waals surface area (Å²) in [4.78, 5) is 19.3. The van der Waals surface area contributed by atoms with Gasteiger partial charge in [-0.2, -0.15) is 26.3 Å². The van der Waals surface area contributed by atoms with Crippen LogP contribution in [0.25, 0.3) is 0 Å². The maximum absolute atomic E-state index is 13.8. The van der Waals surface area contributed by atoms with Crippen LogP contribution in [0.3, 0.4) is 0 Å². The van der Waals surface area contributed by atoms with Crippen molar-refractivity contribution < 1.29 is 35.9 Å². The molecular formula is C24H31F6N3O2. The molecule has 5 nitrogen and oxygen atoms in total. The van der Waals surface area contributed by atoms with E-state index in [2.05, 4.69) is 10.3 Å². The average Bonchev–Trinajstić information content (AvgIpc) is 3.22. The molecule has 1 N–H and O–H groups in total. The van der Waals surface area contributed by atoms with Crippen LogP contribution in [0, 0.1) is 17.3 Å². The Morgan fingerprint density at radius 3 is 2.63 bits per heavy atom. The fourth-order valence-electron chi connectivity index (χ4n) is 5.82. The van der Waals surface area contributed by atoms with Crippen molar-refractivity contribution in [3.8, 4) is 0 Å². The summed E-state index contributed by atoms with van der Waals surface area (Å²) in [6.07, 6.45) is -5.96. The predicted molar refractivity (Wildman–Crippen MR) is 115 cm³/mol. The highest BCUT2D eigenvalue weighted by atomic mass is 19.4. The third-order valence-electron chi connectivity index (χ3n) is 7.96. The van der Waals surface area contributed by atoms with E-state index >= 15 is 0 Å². The number of fused-ring (bicyclic) bond motifs is 1. The number of nitrogens with zero attached hydrogens (tertiary/aromatic N) is 2. The first-order chi connectivity index (χ1) is 16.3. The number of hydrogen-bond acceptors (Lipinski definition) is 4. The Bertz CT molecular complexity index is 935. The summed E-state index contributed by atoms with van der Waals surface area (Å²) in [7, 11) is 0. The monoisotopic (exact) mass is 507 g/mol. The summed E-state index contributed by atoms with van der Waals surface area (Å²) in [5.41, 5.74) is -0.668. The van der Waals surface area contributed by atoms with E-state index in [9.17, 15) is 31.1 Å². The van der Waals surface area contributed by atoms with Crippen molar-refractivity contribution >= 4 is 5.91 Å². The normalized spacial score (nSPS) is 30.0. The molecule has 35 heavy (non-hydrogen) atoms. The minimum absolute atomic E-state index is 0.0494. The number of rotatable bonds is 4. The summed E-state index contributed by atoms with van der Waals surface area (Å²) < 4.78 is 85.0. The first-order valence-corrected chi connectivity index (χ1v) is 12.1. The number of halogens is 6. The molecule has 0 aromatic carbocycles. The molecule has 0 unspecified atom stereocenters. The highest BCUT2D eigenvalue weighted by Gasteiger charge is 2.52. The summed E-state index contributed by atoms with van der Waals surface area (Å²) in [5, 5.41) is 3.18. The van der Waals surface area contributed by atoms with Gasteiger partial charge in [-0.25, -0.2) is 0 Å². The van der Waals surface area contributed by atoms with Gasteiger partial charge >= 0.3 is 12.4 Å². The van der Waals surface area contributed by atoms with Crippen LogP contribution in [0.4, 0.5) is 26.3 Å². The Kier molecular flexibility index (Phi) is 7.13. The number of amides is 1. The Morgan fingerprint density at radius 1 is 1.23 bits per heavy atom. The number of alkyl halides is 6. The molecule has 1 saturated heterocycles. The van der Waals surface area contributed by atoms with Gasteiger partial charge in [0.05, 0.1) is 23.5 Å². The molecule has 196 valence electrons. The topological polar surface area (TPSA) is 54.5 Å². The van der Waals surface area contributed by atoms with E-state index in [0.29, 0.717) is 43.5 Å². The van der Waals surface area contributed by atoms with Gasteiger partial charge in [0.2, 0.25) is 5.91 Å². The van der Waals surface area contributed by atoms with E-state index in [0.717, 1.165) is 12.3 Å². The Hall–Kier alpha value is -1.88. The summed E-state index contributed by atoms with van der Waals surface area (Å²) in [6, 6.07) is 0.0519. The first-order valence-electron chi connectivity index (χ1n) is 12.1. The summed E-state index contributed by atoms with van der Waals surface area (Å²) in [6.45, 7) is 4.14. The lowest BCUT2D eigenvalue weighted by Gasteiger charge is -2.40.